The molecule has 244 valence electrons. The maximum Gasteiger partial charge on any atom is 0.249 e. The average Bonchev–Trinajstić information content (AvgIpc) is 3.44. The number of hydrogen-bond acceptors (Lipinski definition) is 7. The van der Waals surface area contributed by atoms with Gasteiger partial charge in [-0.2, -0.15) is 0 Å². The second-order valence-electron chi connectivity index (χ2n) is 13.0. The summed E-state index contributed by atoms with van der Waals surface area (Å²) in [6.45, 7) is 6.68. The highest BCUT2D eigenvalue weighted by Gasteiger charge is 2.50. The van der Waals surface area contributed by atoms with E-state index in [-0.39, 0.29) is 44.2 Å². The monoisotopic (exact) mass is 620 g/mol. The Morgan fingerprint density at radius 3 is 2.62 bits per heavy atom. The minimum absolute atomic E-state index is 0.0162. The molecule has 0 saturated heterocycles. The lowest BCUT2D eigenvalue weighted by atomic mass is 9.75. The number of amides is 2. The van der Waals surface area contributed by atoms with Gasteiger partial charge < -0.3 is 34.6 Å². The number of rotatable bonds is 12. The van der Waals surface area contributed by atoms with Crippen molar-refractivity contribution in [3.8, 4) is 11.5 Å². The molecule has 1 saturated carbocycles. The Labute approximate surface area is 266 Å². The van der Waals surface area contributed by atoms with Crippen LogP contribution in [0.4, 0.5) is 0 Å². The molecule has 45 heavy (non-hydrogen) atoms. The van der Waals surface area contributed by atoms with Gasteiger partial charge in [-0.05, 0) is 60.8 Å². The largest absolute Gasteiger partial charge is 0.496 e. The van der Waals surface area contributed by atoms with E-state index < -0.39 is 24.2 Å². The Morgan fingerprint density at radius 1 is 1.11 bits per heavy atom. The summed E-state index contributed by atoms with van der Waals surface area (Å²) in [5.74, 6) is 1.55. The normalized spacial score (nSPS) is 27.2. The van der Waals surface area contributed by atoms with Gasteiger partial charge in [-0.1, -0.05) is 63.6 Å². The zero-order valence-electron chi connectivity index (χ0n) is 26.9. The predicted molar refractivity (Wildman–Crippen MR) is 171 cm³/mol. The van der Waals surface area contributed by atoms with Gasteiger partial charge in [0.2, 0.25) is 11.8 Å². The van der Waals surface area contributed by atoms with Crippen LogP contribution in [0.15, 0.2) is 60.2 Å². The number of ether oxygens (including phenoxy) is 3. The van der Waals surface area contributed by atoms with Crippen molar-refractivity contribution >= 4 is 11.8 Å². The maximum absolute atomic E-state index is 14.2. The number of benzene rings is 2. The number of nitrogens with zero attached hydrogens (tertiary/aromatic N) is 1. The molecule has 3 aliphatic rings. The summed E-state index contributed by atoms with van der Waals surface area (Å²) >= 11 is 0. The van der Waals surface area contributed by atoms with E-state index in [9.17, 15) is 19.8 Å². The van der Waals surface area contributed by atoms with Crippen LogP contribution in [0, 0.1) is 17.8 Å². The first kappa shape index (κ1) is 33.0. The number of nitrogens with one attached hydrogen (secondary N) is 1. The number of carbonyl (C=O) groups excluding carboxylic acids is 2. The first-order valence-electron chi connectivity index (χ1n) is 16.3. The minimum Gasteiger partial charge on any atom is -0.496 e. The van der Waals surface area contributed by atoms with Crippen LogP contribution in [0.25, 0.3) is 0 Å². The third-order valence-electron chi connectivity index (χ3n) is 9.75. The third kappa shape index (κ3) is 7.21. The Morgan fingerprint density at radius 2 is 1.87 bits per heavy atom. The molecule has 1 aliphatic heterocycles. The first-order chi connectivity index (χ1) is 21.7. The molecule has 7 atom stereocenters. The summed E-state index contributed by atoms with van der Waals surface area (Å²) in [7, 11) is 1.62. The van der Waals surface area contributed by atoms with Gasteiger partial charge in [-0.3, -0.25) is 9.59 Å². The van der Waals surface area contributed by atoms with Crippen LogP contribution >= 0.6 is 0 Å². The Kier molecular flexibility index (Phi) is 10.8. The third-order valence-corrected chi connectivity index (χ3v) is 9.75. The predicted octanol–water partition coefficient (Wildman–Crippen LogP) is 3.87. The van der Waals surface area contributed by atoms with Gasteiger partial charge in [0.1, 0.15) is 30.3 Å². The lowest BCUT2D eigenvalue weighted by Crippen LogP contribution is -2.57. The van der Waals surface area contributed by atoms with Crippen LogP contribution in [-0.4, -0.2) is 84.7 Å². The Hall–Kier alpha value is -3.40. The molecule has 9 heteroatoms. The fourth-order valence-electron chi connectivity index (χ4n) is 7.35. The highest BCUT2D eigenvalue weighted by atomic mass is 16.5. The Balaban J connectivity index is 1.46. The van der Waals surface area contributed by atoms with E-state index >= 15 is 0 Å². The second kappa shape index (κ2) is 14.8. The van der Waals surface area contributed by atoms with Crippen molar-refractivity contribution in [1.82, 2.24) is 10.2 Å². The van der Waals surface area contributed by atoms with E-state index in [0.717, 1.165) is 36.1 Å². The van der Waals surface area contributed by atoms with Crippen LogP contribution < -0.4 is 14.8 Å². The van der Waals surface area contributed by atoms with Crippen molar-refractivity contribution in [3.63, 3.8) is 0 Å². The number of fused-ring (bicyclic) bond motifs is 3. The van der Waals surface area contributed by atoms with Gasteiger partial charge in [0.05, 0.1) is 31.8 Å². The molecule has 5 rings (SSSR count). The van der Waals surface area contributed by atoms with E-state index in [1.165, 1.54) is 0 Å². The molecular formula is C36H48N2O7. The fourth-order valence-corrected chi connectivity index (χ4v) is 7.35. The summed E-state index contributed by atoms with van der Waals surface area (Å²) in [5.41, 5.74) is 2.15. The van der Waals surface area contributed by atoms with Crippen molar-refractivity contribution < 1.29 is 34.0 Å². The minimum atomic E-state index is -1.10. The van der Waals surface area contributed by atoms with Crippen molar-refractivity contribution in [2.45, 2.75) is 76.7 Å². The quantitative estimate of drug-likeness (QED) is 0.330. The van der Waals surface area contributed by atoms with Crippen molar-refractivity contribution in [2.24, 2.45) is 17.8 Å². The number of para-hydroxylation sites is 2. The molecule has 9 nitrogen and oxygen atoms in total. The van der Waals surface area contributed by atoms with E-state index in [4.69, 9.17) is 14.2 Å². The van der Waals surface area contributed by atoms with E-state index in [1.54, 1.807) is 18.1 Å². The zero-order chi connectivity index (χ0) is 32.1. The van der Waals surface area contributed by atoms with E-state index in [0.29, 0.717) is 35.5 Å². The number of hydrogen-bond donors (Lipinski definition) is 3. The molecule has 1 heterocycles. The van der Waals surface area contributed by atoms with Gasteiger partial charge >= 0.3 is 0 Å². The zero-order valence-corrected chi connectivity index (χ0v) is 26.9. The summed E-state index contributed by atoms with van der Waals surface area (Å²) in [4.78, 5) is 29.3. The molecule has 2 amide bonds. The van der Waals surface area contributed by atoms with Crippen LogP contribution in [0.3, 0.4) is 0 Å². The van der Waals surface area contributed by atoms with Crippen LogP contribution in [0.5, 0.6) is 11.5 Å². The molecule has 0 spiro atoms. The Bertz CT molecular complexity index is 1360. The topological polar surface area (TPSA) is 118 Å². The SMILES string of the molecule is COc1ccccc1CCN(C(=O)CO[C@H]1C[C@@H](C)CC[C@@H]1C(C)C)[C@@H]1C=C(C(=O)NCCO)[C@@H]2c3ccccc3O[C@@H]2[C@H]1O. The molecule has 1 fully saturated rings. The van der Waals surface area contributed by atoms with Gasteiger partial charge in [0.25, 0.3) is 0 Å². The molecule has 0 bridgehead atoms. The number of aliphatic hydroxyl groups excluding tert-OH is 2. The van der Waals surface area contributed by atoms with Gasteiger partial charge in [-0.15, -0.1) is 0 Å². The molecular weight excluding hydrogens is 572 g/mol. The van der Waals surface area contributed by atoms with E-state index in [1.807, 2.05) is 48.5 Å². The van der Waals surface area contributed by atoms with Gasteiger partial charge in [-0.25, -0.2) is 0 Å². The molecule has 2 aliphatic carbocycles. The standard InChI is InChI=1S/C36H48N2O7/c1-22(2)25-14-13-23(3)19-31(25)44-21-32(40)38(17-15-24-9-5-7-11-29(24)43-4)28-20-27(36(42)37-16-18-39)33-26-10-6-8-12-30(26)45-35(33)34(28)41/h5-12,20,22-23,25,28,31,33-35,39,41H,13-19,21H2,1-4H3,(H,37,42)/t23-,25+,28+,31-,33-,34-,35-/m0/s1. The molecule has 0 unspecified atom stereocenters. The van der Waals surface area contributed by atoms with Crippen molar-refractivity contribution in [1.29, 1.82) is 0 Å². The maximum atomic E-state index is 14.2. The summed E-state index contributed by atoms with van der Waals surface area (Å²) in [6, 6.07) is 14.3. The van der Waals surface area contributed by atoms with E-state index in [2.05, 4.69) is 26.1 Å². The van der Waals surface area contributed by atoms with Crippen LogP contribution in [-0.2, 0) is 20.7 Å². The number of carbonyl (C=O) groups is 2. The molecule has 3 N–H and O–H groups in total. The van der Waals surface area contributed by atoms with Crippen LogP contribution in [0.1, 0.15) is 57.1 Å². The molecule has 2 aromatic carbocycles. The van der Waals surface area contributed by atoms with Crippen LogP contribution in [0.2, 0.25) is 0 Å². The lowest BCUT2D eigenvalue weighted by molar-refractivity contribution is -0.147. The molecule has 0 aromatic heterocycles. The summed E-state index contributed by atoms with van der Waals surface area (Å²) in [5, 5.41) is 24.0. The second-order valence-corrected chi connectivity index (χ2v) is 13.0. The number of methoxy groups -OCH3 is 1. The smallest absolute Gasteiger partial charge is 0.249 e. The molecule has 2 aromatic rings. The van der Waals surface area contributed by atoms with Gasteiger partial charge in [0.15, 0.2) is 0 Å². The fraction of sp³-hybridized carbons (Fsp3) is 0.556. The summed E-state index contributed by atoms with van der Waals surface area (Å²) < 4.78 is 18.2. The highest BCUT2D eigenvalue weighted by molar-refractivity contribution is 5.96. The van der Waals surface area contributed by atoms with Crippen molar-refractivity contribution in [2.75, 3.05) is 33.4 Å². The molecule has 0 radical (unpaired) electrons. The van der Waals surface area contributed by atoms with Crippen molar-refractivity contribution in [3.05, 3.63) is 71.3 Å². The highest BCUT2D eigenvalue weighted by Crippen LogP contribution is 2.47. The van der Waals surface area contributed by atoms with Gasteiger partial charge in [0, 0.05) is 24.2 Å². The summed E-state index contributed by atoms with van der Waals surface area (Å²) in [6.07, 6.45) is 3.45. The number of aliphatic hydroxyl groups is 2. The lowest BCUT2D eigenvalue weighted by Gasteiger charge is -2.41. The first-order valence-corrected chi connectivity index (χ1v) is 16.3. The average molecular weight is 621 g/mol.